The van der Waals surface area contributed by atoms with Crippen LogP contribution >= 0.6 is 27.5 Å². The fourth-order valence-corrected chi connectivity index (χ4v) is 3.32. The van der Waals surface area contributed by atoms with Gasteiger partial charge in [-0.3, -0.25) is 9.79 Å². The summed E-state index contributed by atoms with van der Waals surface area (Å²) < 4.78 is 11.7. The second-order valence-corrected chi connectivity index (χ2v) is 7.38. The van der Waals surface area contributed by atoms with Crippen molar-refractivity contribution in [3.8, 4) is 5.75 Å². The number of nitrogens with zero attached hydrogens (tertiary/aromatic N) is 2. The van der Waals surface area contributed by atoms with E-state index >= 15 is 0 Å². The molecular weight excluding hydrogens is 432 g/mol. The van der Waals surface area contributed by atoms with Gasteiger partial charge in [0.1, 0.15) is 5.75 Å². The van der Waals surface area contributed by atoms with Gasteiger partial charge in [0, 0.05) is 24.3 Å². The van der Waals surface area contributed by atoms with E-state index in [1.807, 2.05) is 43.3 Å². The zero-order chi connectivity index (χ0) is 19.2. The van der Waals surface area contributed by atoms with Gasteiger partial charge in [0.05, 0.1) is 23.4 Å². The highest BCUT2D eigenvalue weighted by Gasteiger charge is 2.17. The van der Waals surface area contributed by atoms with Crippen molar-refractivity contribution >= 4 is 45.3 Å². The summed E-state index contributed by atoms with van der Waals surface area (Å²) in [5, 5.41) is 0.694. The van der Waals surface area contributed by atoms with Crippen molar-refractivity contribution in [2.75, 3.05) is 32.9 Å². The standard InChI is InChI=1S/C20H20BrClN2O3/c1-14-17(22)3-2-4-18(14)23-12-15-5-6-19(16(21)11-15)27-13-20(25)24-7-9-26-10-8-24/h2-6,11-12H,7-10,13H2,1H3. The monoisotopic (exact) mass is 450 g/mol. The third-order valence-electron chi connectivity index (χ3n) is 4.26. The number of morpholine rings is 1. The number of ether oxygens (including phenoxy) is 2. The lowest BCUT2D eigenvalue weighted by molar-refractivity contribution is -0.137. The Labute approximate surface area is 172 Å². The van der Waals surface area contributed by atoms with Gasteiger partial charge in [-0.2, -0.15) is 0 Å². The lowest BCUT2D eigenvalue weighted by atomic mass is 10.2. The summed E-state index contributed by atoms with van der Waals surface area (Å²) in [6.45, 7) is 4.33. The van der Waals surface area contributed by atoms with Gasteiger partial charge in [-0.25, -0.2) is 0 Å². The van der Waals surface area contributed by atoms with Crippen molar-refractivity contribution in [1.82, 2.24) is 4.90 Å². The smallest absolute Gasteiger partial charge is 0.260 e. The molecule has 1 fully saturated rings. The number of hydrogen-bond donors (Lipinski definition) is 0. The van der Waals surface area contributed by atoms with E-state index in [1.165, 1.54) is 0 Å². The van der Waals surface area contributed by atoms with Crippen LogP contribution in [0.4, 0.5) is 5.69 Å². The number of benzene rings is 2. The molecule has 1 amide bonds. The maximum Gasteiger partial charge on any atom is 0.260 e. The minimum atomic E-state index is -0.0349. The summed E-state index contributed by atoms with van der Waals surface area (Å²) in [6.07, 6.45) is 1.77. The minimum absolute atomic E-state index is 0.00768. The van der Waals surface area contributed by atoms with Crippen LogP contribution in [0.25, 0.3) is 0 Å². The van der Waals surface area contributed by atoms with Crippen molar-refractivity contribution in [3.63, 3.8) is 0 Å². The molecule has 2 aromatic carbocycles. The Morgan fingerprint density at radius 1 is 1.33 bits per heavy atom. The highest BCUT2D eigenvalue weighted by molar-refractivity contribution is 9.10. The lowest BCUT2D eigenvalue weighted by Gasteiger charge is -2.26. The Morgan fingerprint density at radius 3 is 2.85 bits per heavy atom. The molecule has 1 saturated heterocycles. The summed E-state index contributed by atoms with van der Waals surface area (Å²) in [5.74, 6) is 0.583. The Bertz CT molecular complexity index is 851. The Balaban J connectivity index is 1.62. The number of carbonyl (C=O) groups excluding carboxylic acids is 1. The fraction of sp³-hybridized carbons (Fsp3) is 0.300. The highest BCUT2D eigenvalue weighted by atomic mass is 79.9. The molecule has 0 bridgehead atoms. The summed E-state index contributed by atoms with van der Waals surface area (Å²) >= 11 is 9.62. The molecule has 0 saturated carbocycles. The van der Waals surface area contributed by atoms with E-state index in [0.717, 1.165) is 21.3 Å². The van der Waals surface area contributed by atoms with E-state index in [0.29, 0.717) is 37.1 Å². The average Bonchev–Trinajstić information content (AvgIpc) is 2.69. The van der Waals surface area contributed by atoms with Crippen LogP contribution in [-0.2, 0) is 9.53 Å². The molecule has 0 radical (unpaired) electrons. The average molecular weight is 452 g/mol. The van der Waals surface area contributed by atoms with Crippen molar-refractivity contribution < 1.29 is 14.3 Å². The van der Waals surface area contributed by atoms with E-state index in [-0.39, 0.29) is 12.5 Å². The number of amides is 1. The summed E-state index contributed by atoms with van der Waals surface area (Å²) in [7, 11) is 0. The highest BCUT2D eigenvalue weighted by Crippen LogP contribution is 2.27. The third-order valence-corrected chi connectivity index (χ3v) is 5.29. The van der Waals surface area contributed by atoms with E-state index in [2.05, 4.69) is 20.9 Å². The maximum atomic E-state index is 12.2. The summed E-state index contributed by atoms with van der Waals surface area (Å²) in [6, 6.07) is 11.3. The van der Waals surface area contributed by atoms with Gasteiger partial charge in [0.15, 0.2) is 6.61 Å². The Hall–Kier alpha value is -1.89. The molecule has 1 heterocycles. The zero-order valence-corrected chi connectivity index (χ0v) is 17.3. The van der Waals surface area contributed by atoms with Gasteiger partial charge < -0.3 is 14.4 Å². The summed E-state index contributed by atoms with van der Waals surface area (Å²) in [4.78, 5) is 18.4. The van der Waals surface area contributed by atoms with Crippen LogP contribution in [0.3, 0.4) is 0 Å². The molecule has 1 aliphatic rings. The van der Waals surface area contributed by atoms with Crippen LogP contribution in [-0.4, -0.2) is 49.9 Å². The molecule has 0 aromatic heterocycles. The first-order chi connectivity index (χ1) is 13.0. The molecule has 0 atom stereocenters. The number of hydrogen-bond acceptors (Lipinski definition) is 4. The van der Waals surface area contributed by atoms with Crippen LogP contribution in [0.15, 0.2) is 45.9 Å². The zero-order valence-electron chi connectivity index (χ0n) is 15.0. The molecule has 3 rings (SSSR count). The Morgan fingerprint density at radius 2 is 2.11 bits per heavy atom. The maximum absolute atomic E-state index is 12.2. The SMILES string of the molecule is Cc1c(Cl)cccc1N=Cc1ccc(OCC(=O)N2CCOCC2)c(Br)c1. The molecule has 0 unspecified atom stereocenters. The van der Waals surface area contributed by atoms with Crippen LogP contribution in [0.2, 0.25) is 5.02 Å². The first kappa shape index (κ1) is 19.9. The third kappa shape index (κ3) is 5.31. The van der Waals surface area contributed by atoms with E-state index in [1.54, 1.807) is 11.1 Å². The lowest BCUT2D eigenvalue weighted by Crippen LogP contribution is -2.43. The van der Waals surface area contributed by atoms with Crippen LogP contribution in [0, 0.1) is 6.92 Å². The molecule has 7 heteroatoms. The molecule has 27 heavy (non-hydrogen) atoms. The van der Waals surface area contributed by atoms with Gasteiger partial charge in [-0.05, 0) is 64.3 Å². The molecule has 2 aromatic rings. The Kier molecular flexibility index (Phi) is 6.88. The van der Waals surface area contributed by atoms with Crippen LogP contribution < -0.4 is 4.74 Å². The molecule has 0 N–H and O–H groups in total. The normalized spacial score (nSPS) is 14.6. The first-order valence-electron chi connectivity index (χ1n) is 8.61. The van der Waals surface area contributed by atoms with E-state index in [4.69, 9.17) is 21.1 Å². The molecule has 0 spiro atoms. The van der Waals surface area contributed by atoms with E-state index in [9.17, 15) is 4.79 Å². The molecule has 5 nitrogen and oxygen atoms in total. The van der Waals surface area contributed by atoms with Crippen LogP contribution in [0.1, 0.15) is 11.1 Å². The quantitative estimate of drug-likeness (QED) is 0.633. The number of halogens is 2. The second-order valence-electron chi connectivity index (χ2n) is 6.11. The van der Waals surface area contributed by atoms with Gasteiger partial charge in [0.2, 0.25) is 0 Å². The largest absolute Gasteiger partial charge is 0.483 e. The number of carbonyl (C=O) groups is 1. The fourth-order valence-electron chi connectivity index (χ4n) is 2.64. The topological polar surface area (TPSA) is 51.1 Å². The first-order valence-corrected chi connectivity index (χ1v) is 9.79. The van der Waals surface area contributed by atoms with Gasteiger partial charge in [-0.1, -0.05) is 17.7 Å². The molecule has 142 valence electrons. The van der Waals surface area contributed by atoms with E-state index < -0.39 is 0 Å². The molecular formula is C20H20BrClN2O3. The van der Waals surface area contributed by atoms with Gasteiger partial charge in [-0.15, -0.1) is 0 Å². The number of rotatable bonds is 5. The second kappa shape index (κ2) is 9.35. The van der Waals surface area contributed by atoms with Gasteiger partial charge in [0.25, 0.3) is 5.91 Å². The molecule has 1 aliphatic heterocycles. The molecule has 0 aliphatic carbocycles. The van der Waals surface area contributed by atoms with Crippen LogP contribution in [0.5, 0.6) is 5.75 Å². The van der Waals surface area contributed by atoms with Crippen molar-refractivity contribution in [2.24, 2.45) is 4.99 Å². The van der Waals surface area contributed by atoms with Crippen molar-refractivity contribution in [1.29, 1.82) is 0 Å². The van der Waals surface area contributed by atoms with Crippen molar-refractivity contribution in [3.05, 3.63) is 57.0 Å². The predicted molar refractivity (Wildman–Crippen MR) is 110 cm³/mol. The van der Waals surface area contributed by atoms with Gasteiger partial charge >= 0.3 is 0 Å². The summed E-state index contributed by atoms with van der Waals surface area (Å²) in [5.41, 5.74) is 2.68. The number of aliphatic imine (C=N–C) groups is 1. The predicted octanol–water partition coefficient (Wildman–Crippen LogP) is 4.40. The minimum Gasteiger partial charge on any atom is -0.483 e. The van der Waals surface area contributed by atoms with Crippen molar-refractivity contribution in [2.45, 2.75) is 6.92 Å².